The SMILES string of the molecule is CC1=NC(=O)C=CC1C#N. The van der Waals surface area contributed by atoms with Crippen LogP contribution in [0.1, 0.15) is 6.92 Å². The fourth-order valence-corrected chi connectivity index (χ4v) is 0.735. The van der Waals surface area contributed by atoms with Gasteiger partial charge >= 0.3 is 0 Å². The molecule has 0 bridgehead atoms. The summed E-state index contributed by atoms with van der Waals surface area (Å²) < 4.78 is 0. The highest BCUT2D eigenvalue weighted by molar-refractivity contribution is 6.04. The van der Waals surface area contributed by atoms with Crippen molar-refractivity contribution in [1.29, 1.82) is 5.26 Å². The molecule has 3 heteroatoms. The summed E-state index contributed by atoms with van der Waals surface area (Å²) in [5.74, 6) is -0.582. The van der Waals surface area contributed by atoms with Crippen molar-refractivity contribution in [2.24, 2.45) is 10.9 Å². The van der Waals surface area contributed by atoms with Crippen LogP contribution < -0.4 is 0 Å². The van der Waals surface area contributed by atoms with Crippen molar-refractivity contribution in [1.82, 2.24) is 0 Å². The Morgan fingerprint density at radius 2 is 2.50 bits per heavy atom. The first kappa shape index (κ1) is 6.69. The lowest BCUT2D eigenvalue weighted by Crippen LogP contribution is -2.12. The van der Waals surface area contributed by atoms with E-state index in [0.717, 1.165) is 0 Å². The van der Waals surface area contributed by atoms with Crippen molar-refractivity contribution in [2.45, 2.75) is 6.92 Å². The normalized spacial score (nSPS) is 23.8. The van der Waals surface area contributed by atoms with E-state index in [2.05, 4.69) is 4.99 Å². The molecule has 3 nitrogen and oxygen atoms in total. The van der Waals surface area contributed by atoms with Crippen molar-refractivity contribution < 1.29 is 4.79 Å². The average molecular weight is 134 g/mol. The van der Waals surface area contributed by atoms with Gasteiger partial charge in [0.25, 0.3) is 5.91 Å². The lowest BCUT2D eigenvalue weighted by Gasteiger charge is -2.04. The van der Waals surface area contributed by atoms with Crippen LogP contribution in [0.2, 0.25) is 0 Å². The topological polar surface area (TPSA) is 53.2 Å². The van der Waals surface area contributed by atoms with Gasteiger partial charge in [0, 0.05) is 11.8 Å². The molecule has 0 spiro atoms. The van der Waals surface area contributed by atoms with Crippen LogP contribution in [0, 0.1) is 17.2 Å². The number of amides is 1. The molecule has 0 aromatic carbocycles. The highest BCUT2D eigenvalue weighted by Gasteiger charge is 2.12. The Morgan fingerprint density at radius 1 is 1.80 bits per heavy atom. The largest absolute Gasteiger partial charge is 0.269 e. The number of rotatable bonds is 0. The average Bonchev–Trinajstić information content (AvgIpc) is 1.88. The van der Waals surface area contributed by atoms with Crippen LogP contribution in [0.4, 0.5) is 0 Å². The molecule has 0 aliphatic carbocycles. The molecule has 1 rings (SSSR count). The van der Waals surface area contributed by atoms with Gasteiger partial charge in [-0.25, -0.2) is 4.99 Å². The van der Waals surface area contributed by atoms with Gasteiger partial charge in [0.15, 0.2) is 0 Å². The van der Waals surface area contributed by atoms with E-state index in [1.54, 1.807) is 13.0 Å². The minimum absolute atomic E-state index is 0.274. The van der Waals surface area contributed by atoms with Gasteiger partial charge in [0.1, 0.15) is 5.92 Å². The van der Waals surface area contributed by atoms with E-state index in [0.29, 0.717) is 5.71 Å². The zero-order chi connectivity index (χ0) is 7.56. The molecule has 1 aliphatic heterocycles. The number of nitrogens with zero attached hydrogens (tertiary/aromatic N) is 2. The van der Waals surface area contributed by atoms with E-state index in [1.165, 1.54) is 6.08 Å². The van der Waals surface area contributed by atoms with Gasteiger partial charge in [0.05, 0.1) is 6.07 Å². The van der Waals surface area contributed by atoms with Crippen molar-refractivity contribution in [3.8, 4) is 6.07 Å². The Balaban J connectivity index is 2.88. The van der Waals surface area contributed by atoms with E-state index in [4.69, 9.17) is 5.26 Å². The van der Waals surface area contributed by atoms with Gasteiger partial charge in [0.2, 0.25) is 0 Å². The van der Waals surface area contributed by atoms with Crippen LogP contribution in [-0.4, -0.2) is 11.6 Å². The Kier molecular flexibility index (Phi) is 1.63. The highest BCUT2D eigenvalue weighted by Crippen LogP contribution is 2.06. The van der Waals surface area contributed by atoms with Crippen LogP contribution in [0.3, 0.4) is 0 Å². The predicted molar refractivity (Wildman–Crippen MR) is 36.4 cm³/mol. The maximum Gasteiger partial charge on any atom is 0.269 e. The second-order valence-electron chi connectivity index (χ2n) is 2.06. The first-order chi connectivity index (χ1) is 4.74. The molecule has 0 saturated heterocycles. The molecule has 0 radical (unpaired) electrons. The second kappa shape index (κ2) is 2.44. The molecule has 1 unspecified atom stereocenters. The summed E-state index contributed by atoms with van der Waals surface area (Å²) in [7, 11) is 0. The summed E-state index contributed by atoms with van der Waals surface area (Å²) in [5.41, 5.74) is 0.579. The molecule has 50 valence electrons. The number of hydrogen-bond acceptors (Lipinski definition) is 2. The molecule has 0 aromatic heterocycles. The highest BCUT2D eigenvalue weighted by atomic mass is 16.1. The van der Waals surface area contributed by atoms with Crippen LogP contribution in [-0.2, 0) is 4.79 Å². The zero-order valence-electron chi connectivity index (χ0n) is 5.53. The van der Waals surface area contributed by atoms with Crippen LogP contribution in [0.15, 0.2) is 17.1 Å². The first-order valence-electron chi connectivity index (χ1n) is 2.91. The zero-order valence-corrected chi connectivity index (χ0v) is 5.53. The Hall–Kier alpha value is -1.43. The minimum atomic E-state index is -0.308. The van der Waals surface area contributed by atoms with Crippen molar-refractivity contribution in [3.63, 3.8) is 0 Å². The van der Waals surface area contributed by atoms with Gasteiger partial charge in [-0.15, -0.1) is 0 Å². The summed E-state index contributed by atoms with van der Waals surface area (Å²) in [5, 5.41) is 8.45. The third-order valence-corrected chi connectivity index (χ3v) is 1.31. The summed E-state index contributed by atoms with van der Waals surface area (Å²) in [6, 6.07) is 2.00. The van der Waals surface area contributed by atoms with Gasteiger partial charge in [-0.3, -0.25) is 4.79 Å². The molecule has 0 aromatic rings. The first-order valence-corrected chi connectivity index (χ1v) is 2.91. The maximum atomic E-state index is 10.6. The van der Waals surface area contributed by atoms with Crippen molar-refractivity contribution >= 4 is 11.6 Å². The minimum Gasteiger partial charge on any atom is -0.267 e. The fourth-order valence-electron chi connectivity index (χ4n) is 0.735. The van der Waals surface area contributed by atoms with Crippen LogP contribution in [0.25, 0.3) is 0 Å². The summed E-state index contributed by atoms with van der Waals surface area (Å²) >= 11 is 0. The predicted octanol–water partition coefficient (Wildman–Crippen LogP) is 0.683. The molecule has 0 fully saturated rings. The molecule has 1 amide bonds. The lowest BCUT2D eigenvalue weighted by molar-refractivity contribution is -0.113. The van der Waals surface area contributed by atoms with E-state index >= 15 is 0 Å². The number of allylic oxidation sites excluding steroid dienone is 1. The standard InChI is InChI=1S/C7H6N2O/c1-5-6(4-8)2-3-7(10)9-5/h2-3,6H,1H3. The van der Waals surface area contributed by atoms with E-state index in [1.807, 2.05) is 6.07 Å². The van der Waals surface area contributed by atoms with Crippen molar-refractivity contribution in [3.05, 3.63) is 12.2 Å². The van der Waals surface area contributed by atoms with Gasteiger partial charge in [-0.1, -0.05) is 6.08 Å². The third-order valence-electron chi connectivity index (χ3n) is 1.31. The number of nitriles is 1. The summed E-state index contributed by atoms with van der Waals surface area (Å²) in [4.78, 5) is 14.2. The molecular formula is C7H6N2O. The number of hydrogen-bond donors (Lipinski definition) is 0. The van der Waals surface area contributed by atoms with Gasteiger partial charge in [-0.05, 0) is 6.92 Å². The second-order valence-corrected chi connectivity index (χ2v) is 2.06. The number of carbonyl (C=O) groups is 1. The lowest BCUT2D eigenvalue weighted by atomic mass is 10.0. The van der Waals surface area contributed by atoms with Crippen molar-refractivity contribution in [2.75, 3.05) is 0 Å². The molecule has 1 atom stereocenters. The van der Waals surface area contributed by atoms with E-state index in [9.17, 15) is 4.79 Å². The molecular weight excluding hydrogens is 128 g/mol. The molecule has 0 saturated carbocycles. The van der Waals surface area contributed by atoms with Gasteiger partial charge < -0.3 is 0 Å². The van der Waals surface area contributed by atoms with Crippen LogP contribution in [0.5, 0.6) is 0 Å². The quantitative estimate of drug-likeness (QED) is 0.489. The van der Waals surface area contributed by atoms with E-state index < -0.39 is 0 Å². The Morgan fingerprint density at radius 3 is 3.00 bits per heavy atom. The third kappa shape index (κ3) is 1.11. The van der Waals surface area contributed by atoms with Crippen LogP contribution >= 0.6 is 0 Å². The monoisotopic (exact) mass is 134 g/mol. The summed E-state index contributed by atoms with van der Waals surface area (Å²) in [6.07, 6.45) is 2.88. The smallest absolute Gasteiger partial charge is 0.267 e. The Labute approximate surface area is 58.7 Å². The van der Waals surface area contributed by atoms with E-state index in [-0.39, 0.29) is 11.8 Å². The molecule has 1 heterocycles. The molecule has 0 N–H and O–H groups in total. The molecule has 10 heavy (non-hydrogen) atoms. The Bertz CT molecular complexity index is 257. The molecule has 1 aliphatic rings. The maximum absolute atomic E-state index is 10.6. The van der Waals surface area contributed by atoms with Gasteiger partial charge in [-0.2, -0.15) is 5.26 Å². The number of aliphatic imine (C=N–C) groups is 1. The fraction of sp³-hybridized carbons (Fsp3) is 0.286. The summed E-state index contributed by atoms with van der Waals surface area (Å²) in [6.45, 7) is 1.68. The number of carbonyl (C=O) groups excluding carboxylic acids is 1. The number of dihydropyridines is 1.